The van der Waals surface area contributed by atoms with Crippen LogP contribution < -0.4 is 5.32 Å². The molecule has 3 nitrogen and oxygen atoms in total. The van der Waals surface area contributed by atoms with Crippen molar-refractivity contribution in [1.82, 2.24) is 5.32 Å². The zero-order chi connectivity index (χ0) is 21.3. The Kier molecular flexibility index (Phi) is 25.0. The van der Waals surface area contributed by atoms with Gasteiger partial charge in [0.05, 0.1) is 0 Å². The highest BCUT2D eigenvalue weighted by molar-refractivity contribution is 5.66. The molecular weight excluding hydrogens is 358 g/mol. The minimum atomic E-state index is -0.655. The van der Waals surface area contributed by atoms with E-state index in [1.54, 1.807) is 0 Å². The minimum absolute atomic E-state index is 0.340. The van der Waals surface area contributed by atoms with E-state index in [1.165, 1.54) is 135 Å². The van der Waals surface area contributed by atoms with Gasteiger partial charge in [-0.2, -0.15) is 0 Å². The maximum absolute atomic E-state index is 10.4. The van der Waals surface area contributed by atoms with E-state index in [0.717, 1.165) is 12.8 Å². The summed E-state index contributed by atoms with van der Waals surface area (Å²) < 4.78 is 0. The van der Waals surface area contributed by atoms with Gasteiger partial charge in [0.15, 0.2) is 0 Å². The lowest BCUT2D eigenvalue weighted by Crippen LogP contribution is -2.16. The van der Waals surface area contributed by atoms with E-state index in [1.807, 2.05) is 0 Å². The summed E-state index contributed by atoms with van der Waals surface area (Å²) in [4.78, 5) is 10.4. The molecule has 0 atom stereocenters. The van der Waals surface area contributed by atoms with Crippen molar-refractivity contribution in [1.29, 1.82) is 0 Å². The molecule has 0 aliphatic carbocycles. The number of unbranched alkanes of at least 4 members (excludes halogenated alkanes) is 19. The first-order chi connectivity index (χ1) is 14.3. The fraction of sp³-hybridized carbons (Fsp3) is 0.962. The molecule has 0 radical (unpaired) electrons. The predicted molar refractivity (Wildman–Crippen MR) is 128 cm³/mol. The van der Waals surface area contributed by atoms with Crippen LogP contribution in [-0.2, 0) is 4.79 Å². The van der Waals surface area contributed by atoms with Crippen LogP contribution in [0.5, 0.6) is 0 Å². The third-order valence-corrected chi connectivity index (χ3v) is 5.95. The zero-order valence-electron chi connectivity index (χ0n) is 19.8. The van der Waals surface area contributed by atoms with Crippen LogP contribution in [0.15, 0.2) is 0 Å². The van der Waals surface area contributed by atoms with Crippen molar-refractivity contribution in [2.45, 2.75) is 148 Å². The normalized spacial score (nSPS) is 11.2. The van der Waals surface area contributed by atoms with E-state index >= 15 is 0 Å². The summed E-state index contributed by atoms with van der Waals surface area (Å²) >= 11 is 0. The molecule has 0 fully saturated rings. The molecule has 0 aromatic heterocycles. The molecule has 0 aromatic carbocycles. The van der Waals surface area contributed by atoms with Crippen LogP contribution in [0.4, 0.5) is 0 Å². The minimum Gasteiger partial charge on any atom is -0.481 e. The Labute approximate surface area is 182 Å². The Morgan fingerprint density at radius 2 is 0.828 bits per heavy atom. The third kappa shape index (κ3) is 27.4. The van der Waals surface area contributed by atoms with Crippen LogP contribution in [-0.4, -0.2) is 24.2 Å². The smallest absolute Gasteiger partial charge is 0.303 e. The number of hydrogen-bond acceptors (Lipinski definition) is 2. The third-order valence-electron chi connectivity index (χ3n) is 5.95. The van der Waals surface area contributed by atoms with Crippen LogP contribution in [0.3, 0.4) is 0 Å². The number of rotatable bonds is 25. The average molecular weight is 412 g/mol. The maximum atomic E-state index is 10.4. The Balaban J connectivity index is 2.99. The van der Waals surface area contributed by atoms with Crippen LogP contribution in [0, 0.1) is 0 Å². The van der Waals surface area contributed by atoms with Gasteiger partial charge < -0.3 is 10.4 Å². The van der Waals surface area contributed by atoms with Crippen molar-refractivity contribution >= 4 is 5.97 Å². The van der Waals surface area contributed by atoms with E-state index in [-0.39, 0.29) is 0 Å². The number of carboxylic acid groups (broad SMARTS) is 1. The average Bonchev–Trinajstić information content (AvgIpc) is 2.71. The second-order valence-electron chi connectivity index (χ2n) is 8.96. The van der Waals surface area contributed by atoms with Gasteiger partial charge in [-0.25, -0.2) is 0 Å². The molecule has 0 saturated carbocycles. The first-order valence-corrected chi connectivity index (χ1v) is 13.2. The first-order valence-electron chi connectivity index (χ1n) is 13.2. The van der Waals surface area contributed by atoms with Gasteiger partial charge in [-0.1, -0.05) is 122 Å². The summed E-state index contributed by atoms with van der Waals surface area (Å²) in [6.07, 6.45) is 28.5. The Hall–Kier alpha value is -0.570. The zero-order valence-corrected chi connectivity index (χ0v) is 19.8. The summed E-state index contributed by atoms with van der Waals surface area (Å²) in [5.74, 6) is -0.655. The van der Waals surface area contributed by atoms with Crippen molar-refractivity contribution in [3.05, 3.63) is 0 Å². The van der Waals surface area contributed by atoms with E-state index in [4.69, 9.17) is 5.11 Å². The molecule has 0 amide bonds. The highest BCUT2D eigenvalue weighted by Crippen LogP contribution is 2.12. The summed E-state index contributed by atoms with van der Waals surface area (Å²) in [7, 11) is 0. The Morgan fingerprint density at radius 1 is 0.517 bits per heavy atom. The lowest BCUT2D eigenvalue weighted by Gasteiger charge is -2.06. The second kappa shape index (κ2) is 25.5. The standard InChI is InChI=1S/C26H53NO2/c1-2-3-4-5-6-7-8-9-12-15-18-21-24-27-25-22-19-16-13-10-11-14-17-20-23-26(28)29/h27H,2-25H2,1H3,(H,28,29). The van der Waals surface area contributed by atoms with Crippen LogP contribution in [0.1, 0.15) is 148 Å². The number of aliphatic carboxylic acids is 1. The molecule has 3 heteroatoms. The summed E-state index contributed by atoms with van der Waals surface area (Å²) in [6.45, 7) is 4.68. The van der Waals surface area contributed by atoms with E-state index in [2.05, 4.69) is 12.2 Å². The largest absolute Gasteiger partial charge is 0.481 e. The molecule has 0 heterocycles. The first kappa shape index (κ1) is 28.4. The van der Waals surface area contributed by atoms with Gasteiger partial charge >= 0.3 is 5.97 Å². The number of carboxylic acids is 1. The van der Waals surface area contributed by atoms with E-state index < -0.39 is 5.97 Å². The summed E-state index contributed by atoms with van der Waals surface area (Å²) in [5, 5.41) is 12.2. The van der Waals surface area contributed by atoms with Gasteiger partial charge in [0.1, 0.15) is 0 Å². The number of hydrogen-bond donors (Lipinski definition) is 2. The molecule has 0 unspecified atom stereocenters. The molecule has 2 N–H and O–H groups in total. The highest BCUT2D eigenvalue weighted by atomic mass is 16.4. The van der Waals surface area contributed by atoms with Crippen molar-refractivity contribution < 1.29 is 9.90 Å². The lowest BCUT2D eigenvalue weighted by atomic mass is 10.1. The molecule has 0 bridgehead atoms. The second-order valence-corrected chi connectivity index (χ2v) is 8.96. The van der Waals surface area contributed by atoms with Crippen molar-refractivity contribution in [2.24, 2.45) is 0 Å². The van der Waals surface area contributed by atoms with E-state index in [0.29, 0.717) is 6.42 Å². The topological polar surface area (TPSA) is 49.3 Å². The van der Waals surface area contributed by atoms with Gasteiger partial charge in [0, 0.05) is 6.42 Å². The Bertz CT molecular complexity index is 320. The van der Waals surface area contributed by atoms with Gasteiger partial charge in [-0.15, -0.1) is 0 Å². The van der Waals surface area contributed by atoms with Crippen LogP contribution >= 0.6 is 0 Å². The van der Waals surface area contributed by atoms with Crippen molar-refractivity contribution in [3.63, 3.8) is 0 Å². The SMILES string of the molecule is CCCCCCCCCCCCCCNCCCCCCCCCCCC(=O)O. The number of carbonyl (C=O) groups is 1. The monoisotopic (exact) mass is 411 g/mol. The van der Waals surface area contributed by atoms with Gasteiger partial charge in [-0.3, -0.25) is 4.79 Å². The lowest BCUT2D eigenvalue weighted by molar-refractivity contribution is -0.137. The fourth-order valence-corrected chi connectivity index (χ4v) is 3.98. The maximum Gasteiger partial charge on any atom is 0.303 e. The molecule has 0 aromatic rings. The molecule has 174 valence electrons. The van der Waals surface area contributed by atoms with Gasteiger partial charge in [0.25, 0.3) is 0 Å². The molecule has 0 saturated heterocycles. The molecule has 0 spiro atoms. The van der Waals surface area contributed by atoms with Crippen molar-refractivity contribution in [2.75, 3.05) is 13.1 Å². The quantitative estimate of drug-likeness (QED) is 0.149. The van der Waals surface area contributed by atoms with Crippen LogP contribution in [0.25, 0.3) is 0 Å². The molecule has 0 aliphatic rings. The summed E-state index contributed by atoms with van der Waals surface area (Å²) in [5.41, 5.74) is 0. The molecule has 29 heavy (non-hydrogen) atoms. The fourth-order valence-electron chi connectivity index (χ4n) is 3.98. The Morgan fingerprint density at radius 3 is 1.17 bits per heavy atom. The van der Waals surface area contributed by atoms with Crippen molar-refractivity contribution in [3.8, 4) is 0 Å². The summed E-state index contributed by atoms with van der Waals surface area (Å²) in [6, 6.07) is 0. The molecular formula is C26H53NO2. The predicted octanol–water partition coefficient (Wildman–Crippen LogP) is 8.26. The van der Waals surface area contributed by atoms with Crippen LogP contribution in [0.2, 0.25) is 0 Å². The van der Waals surface area contributed by atoms with Gasteiger partial charge in [-0.05, 0) is 32.4 Å². The molecule has 0 rings (SSSR count). The van der Waals surface area contributed by atoms with Gasteiger partial charge in [0.2, 0.25) is 0 Å². The highest BCUT2D eigenvalue weighted by Gasteiger charge is 1.97. The number of nitrogens with one attached hydrogen (secondary N) is 1. The van der Waals surface area contributed by atoms with E-state index in [9.17, 15) is 4.79 Å². The molecule has 0 aliphatic heterocycles.